The number of hydrogen-bond acceptors (Lipinski definition) is 7. The third-order valence-electron chi connectivity index (χ3n) is 5.05. The number of amides is 3. The third-order valence-corrected chi connectivity index (χ3v) is 5.38. The minimum absolute atomic E-state index is 0.0893. The van der Waals surface area contributed by atoms with Gasteiger partial charge in [-0.1, -0.05) is 11.6 Å². The van der Waals surface area contributed by atoms with E-state index < -0.39 is 54.3 Å². The van der Waals surface area contributed by atoms with Crippen molar-refractivity contribution in [1.82, 2.24) is 15.5 Å². The number of likely N-dealkylation sites (tertiary alicyclic amines) is 1. The van der Waals surface area contributed by atoms with E-state index in [9.17, 15) is 24.0 Å². The van der Waals surface area contributed by atoms with E-state index in [-0.39, 0.29) is 23.6 Å². The second-order valence-corrected chi connectivity index (χ2v) is 7.79. The van der Waals surface area contributed by atoms with Gasteiger partial charge in [0.2, 0.25) is 11.8 Å². The molecule has 0 radical (unpaired) electrons. The first kappa shape index (κ1) is 25.1. The number of hydrogen-bond donors (Lipinski definition) is 4. The van der Waals surface area contributed by atoms with Crippen molar-refractivity contribution in [3.63, 3.8) is 0 Å². The van der Waals surface area contributed by atoms with Crippen LogP contribution in [0.2, 0.25) is 5.02 Å². The molecule has 0 saturated carbocycles. The molecule has 4 atom stereocenters. The van der Waals surface area contributed by atoms with Gasteiger partial charge in [-0.3, -0.25) is 19.2 Å². The molecule has 0 aliphatic carbocycles. The zero-order valence-corrected chi connectivity index (χ0v) is 18.3. The molecule has 3 amide bonds. The van der Waals surface area contributed by atoms with Crippen molar-refractivity contribution in [3.05, 3.63) is 28.8 Å². The van der Waals surface area contributed by atoms with Crippen LogP contribution < -0.4 is 16.4 Å². The fraction of sp³-hybridized carbons (Fsp3) is 0.450. The summed E-state index contributed by atoms with van der Waals surface area (Å²) >= 11 is 5.93. The molecule has 2 rings (SSSR count). The van der Waals surface area contributed by atoms with Crippen molar-refractivity contribution in [2.24, 2.45) is 0 Å². The summed E-state index contributed by atoms with van der Waals surface area (Å²) in [6.07, 6.45) is -0.550. The first-order valence-corrected chi connectivity index (χ1v) is 10.1. The Bertz CT molecular complexity index is 910. The third kappa shape index (κ3) is 6.17. The van der Waals surface area contributed by atoms with E-state index in [2.05, 4.69) is 10.6 Å². The molecule has 32 heavy (non-hydrogen) atoms. The van der Waals surface area contributed by atoms with Crippen LogP contribution in [0.1, 0.15) is 30.1 Å². The minimum atomic E-state index is -1.25. The van der Waals surface area contributed by atoms with E-state index in [4.69, 9.17) is 27.2 Å². The van der Waals surface area contributed by atoms with Crippen molar-refractivity contribution in [3.8, 4) is 0 Å². The lowest BCUT2D eigenvalue weighted by atomic mass is 10.1. The molecule has 0 aromatic heterocycles. The van der Waals surface area contributed by atoms with Crippen LogP contribution in [-0.4, -0.2) is 77.9 Å². The number of carboxylic acid groups (broad SMARTS) is 1. The van der Waals surface area contributed by atoms with Gasteiger partial charge in [-0.2, -0.15) is 0 Å². The van der Waals surface area contributed by atoms with Gasteiger partial charge in [0.25, 0.3) is 5.91 Å². The highest BCUT2D eigenvalue weighted by atomic mass is 35.5. The van der Waals surface area contributed by atoms with Gasteiger partial charge in [0, 0.05) is 25.6 Å². The zero-order valence-electron chi connectivity index (χ0n) is 17.5. The Morgan fingerprint density at radius 2 is 2.03 bits per heavy atom. The Balaban J connectivity index is 2.11. The summed E-state index contributed by atoms with van der Waals surface area (Å²) in [5.41, 5.74) is 6.14. The van der Waals surface area contributed by atoms with E-state index in [1.54, 1.807) is 0 Å². The van der Waals surface area contributed by atoms with Crippen LogP contribution in [0.4, 0.5) is 5.69 Å². The Kier molecular flexibility index (Phi) is 8.56. The molecule has 1 aromatic rings. The molecule has 12 heteroatoms. The molecular formula is C20H25ClN4O7. The van der Waals surface area contributed by atoms with Gasteiger partial charge in [-0.25, -0.2) is 0 Å². The normalized spacial score (nSPS) is 19.7. The average molecular weight is 469 g/mol. The second kappa shape index (κ2) is 10.9. The lowest BCUT2D eigenvalue weighted by molar-refractivity contribution is -0.141. The maximum absolute atomic E-state index is 13.0. The van der Waals surface area contributed by atoms with Gasteiger partial charge in [0.15, 0.2) is 0 Å². The first-order chi connectivity index (χ1) is 15.1. The monoisotopic (exact) mass is 468 g/mol. The minimum Gasteiger partial charge on any atom is -0.481 e. The van der Waals surface area contributed by atoms with Crippen molar-refractivity contribution >= 4 is 47.3 Å². The fourth-order valence-corrected chi connectivity index (χ4v) is 3.50. The lowest BCUT2D eigenvalue weighted by Gasteiger charge is -2.27. The van der Waals surface area contributed by atoms with E-state index in [0.29, 0.717) is 12.0 Å². The van der Waals surface area contributed by atoms with E-state index >= 15 is 0 Å². The summed E-state index contributed by atoms with van der Waals surface area (Å²) in [6, 6.07) is 1.08. The second-order valence-electron chi connectivity index (χ2n) is 7.38. The molecule has 0 spiro atoms. The molecule has 174 valence electrons. The highest BCUT2D eigenvalue weighted by Crippen LogP contribution is 2.22. The summed E-state index contributed by atoms with van der Waals surface area (Å²) in [5.74, 6) is -3.03. The van der Waals surface area contributed by atoms with Crippen LogP contribution in [0.15, 0.2) is 18.2 Å². The SMILES string of the molecule is CO[C@@H]1CC(C(=O)NC(C=O)CC(=O)O)N(C(=O)C(C)NC(=O)c2ccc(N)c(Cl)c2)C1. The number of nitrogens with two attached hydrogens (primary N) is 1. The summed E-state index contributed by atoms with van der Waals surface area (Å²) in [5, 5.41) is 13.9. The number of aliphatic carboxylic acids is 1. The van der Waals surface area contributed by atoms with Crippen molar-refractivity contribution < 1.29 is 33.8 Å². The molecule has 3 unspecified atom stereocenters. The van der Waals surface area contributed by atoms with E-state index in [1.165, 1.54) is 37.1 Å². The predicted molar refractivity (Wildman–Crippen MR) is 114 cm³/mol. The topological polar surface area (TPSA) is 168 Å². The Morgan fingerprint density at radius 1 is 1.34 bits per heavy atom. The Labute approximate surface area is 189 Å². The highest BCUT2D eigenvalue weighted by molar-refractivity contribution is 6.33. The predicted octanol–water partition coefficient (Wildman–Crippen LogP) is -0.185. The number of nitrogens with one attached hydrogen (secondary N) is 2. The quantitative estimate of drug-likeness (QED) is 0.285. The largest absolute Gasteiger partial charge is 0.481 e. The van der Waals surface area contributed by atoms with Crippen LogP contribution in [-0.2, 0) is 23.9 Å². The van der Waals surface area contributed by atoms with Gasteiger partial charge in [-0.15, -0.1) is 0 Å². The summed E-state index contributed by atoms with van der Waals surface area (Å²) in [7, 11) is 1.43. The van der Waals surface area contributed by atoms with Gasteiger partial charge in [0.1, 0.15) is 18.4 Å². The molecule has 1 saturated heterocycles. The molecule has 1 aromatic carbocycles. The maximum Gasteiger partial charge on any atom is 0.305 e. The lowest BCUT2D eigenvalue weighted by Crippen LogP contribution is -2.54. The van der Waals surface area contributed by atoms with Crippen molar-refractivity contribution in [2.45, 2.75) is 44.0 Å². The molecule has 1 aliphatic rings. The number of halogens is 1. The molecule has 0 bridgehead atoms. The number of nitrogen functional groups attached to an aromatic ring is 1. The van der Waals surface area contributed by atoms with Crippen LogP contribution in [0.5, 0.6) is 0 Å². The molecule has 1 aliphatic heterocycles. The number of benzene rings is 1. The molecular weight excluding hydrogens is 444 g/mol. The van der Waals surface area contributed by atoms with Gasteiger partial charge >= 0.3 is 5.97 Å². The fourth-order valence-electron chi connectivity index (χ4n) is 3.32. The zero-order chi connectivity index (χ0) is 24.0. The van der Waals surface area contributed by atoms with Gasteiger partial charge in [0.05, 0.1) is 29.3 Å². The molecule has 11 nitrogen and oxygen atoms in total. The van der Waals surface area contributed by atoms with Crippen LogP contribution >= 0.6 is 11.6 Å². The number of anilines is 1. The number of carboxylic acids is 1. The van der Waals surface area contributed by atoms with Gasteiger partial charge in [-0.05, 0) is 25.1 Å². The van der Waals surface area contributed by atoms with Crippen LogP contribution in [0.25, 0.3) is 0 Å². The smallest absolute Gasteiger partial charge is 0.305 e. The summed E-state index contributed by atoms with van der Waals surface area (Å²) in [4.78, 5) is 61.3. The number of nitrogens with zero attached hydrogens (tertiary/aromatic N) is 1. The van der Waals surface area contributed by atoms with Crippen LogP contribution in [0, 0.1) is 0 Å². The average Bonchev–Trinajstić information content (AvgIpc) is 3.18. The number of aldehydes is 1. The summed E-state index contributed by atoms with van der Waals surface area (Å²) in [6.45, 7) is 1.55. The molecule has 5 N–H and O–H groups in total. The van der Waals surface area contributed by atoms with E-state index in [1.807, 2.05) is 0 Å². The van der Waals surface area contributed by atoms with Crippen molar-refractivity contribution in [2.75, 3.05) is 19.4 Å². The summed E-state index contributed by atoms with van der Waals surface area (Å²) < 4.78 is 5.27. The van der Waals surface area contributed by atoms with Gasteiger partial charge < -0.3 is 35.9 Å². The van der Waals surface area contributed by atoms with Crippen molar-refractivity contribution in [1.29, 1.82) is 0 Å². The number of ether oxygens (including phenoxy) is 1. The Hall–Kier alpha value is -3.18. The Morgan fingerprint density at radius 3 is 2.59 bits per heavy atom. The van der Waals surface area contributed by atoms with Crippen LogP contribution in [0.3, 0.4) is 0 Å². The number of carbonyl (C=O) groups excluding carboxylic acids is 4. The number of carbonyl (C=O) groups is 5. The highest BCUT2D eigenvalue weighted by Gasteiger charge is 2.41. The first-order valence-electron chi connectivity index (χ1n) is 9.74. The van der Waals surface area contributed by atoms with E-state index in [0.717, 1.165) is 0 Å². The number of rotatable bonds is 9. The number of methoxy groups -OCH3 is 1. The maximum atomic E-state index is 13.0. The standard InChI is InChI=1S/C20H25ClN4O7/c1-10(23-18(29)11-3-4-15(22)14(21)5-11)20(31)25-8-13(32-2)7-16(25)19(30)24-12(9-26)6-17(27)28/h3-5,9-10,12-13,16H,6-8,22H2,1-2H3,(H,23,29)(H,24,30)(H,27,28)/t10?,12?,13-,16?/m1/s1. The molecule has 1 heterocycles. The molecule has 1 fully saturated rings.